The standard InChI is InChI=1S/C60H41N3O/c1-60(2)52-29-13-12-25-48(52)49-27-15-28-51(56(49)60)59-62-57(40-21-10-5-11-22-40)61-58(63-59)43-24-14-23-41(33-43)42-31-32-50-54(37-42)64-53-30-16-26-47(55(50)53)46-35-44(38-17-6-3-7-18-38)34-45(36-46)39-19-8-4-9-20-39/h3-37H,1-2H3. The molecule has 0 aliphatic heterocycles. The largest absolute Gasteiger partial charge is 0.456 e. The van der Waals surface area contributed by atoms with Crippen LogP contribution in [0.15, 0.2) is 217 Å². The number of nitrogens with zero attached hydrogens (tertiary/aromatic N) is 3. The number of aromatic nitrogens is 3. The molecule has 0 saturated heterocycles. The van der Waals surface area contributed by atoms with Gasteiger partial charge < -0.3 is 4.42 Å². The Labute approximate surface area is 372 Å². The van der Waals surface area contributed by atoms with Gasteiger partial charge in [-0.1, -0.05) is 184 Å². The third kappa shape index (κ3) is 6.34. The van der Waals surface area contributed by atoms with Crippen LogP contribution in [0.1, 0.15) is 25.0 Å². The summed E-state index contributed by atoms with van der Waals surface area (Å²) in [5.74, 6) is 1.93. The molecule has 0 atom stereocenters. The van der Waals surface area contributed by atoms with Gasteiger partial charge in [0.15, 0.2) is 17.5 Å². The highest BCUT2D eigenvalue weighted by Crippen LogP contribution is 2.52. The fraction of sp³-hybridized carbons (Fsp3) is 0.0500. The highest BCUT2D eigenvalue weighted by Gasteiger charge is 2.38. The van der Waals surface area contributed by atoms with Gasteiger partial charge in [0, 0.05) is 32.9 Å². The number of hydrogen-bond donors (Lipinski definition) is 0. The summed E-state index contributed by atoms with van der Waals surface area (Å²) in [6.07, 6.45) is 0. The van der Waals surface area contributed by atoms with Crippen molar-refractivity contribution in [2.45, 2.75) is 19.3 Å². The van der Waals surface area contributed by atoms with Gasteiger partial charge in [0.05, 0.1) is 0 Å². The van der Waals surface area contributed by atoms with Gasteiger partial charge in [0.25, 0.3) is 0 Å². The molecule has 2 heterocycles. The molecule has 4 heteroatoms. The van der Waals surface area contributed by atoms with Crippen molar-refractivity contribution in [1.82, 2.24) is 15.0 Å². The first kappa shape index (κ1) is 37.5. The first-order valence-electron chi connectivity index (χ1n) is 21.8. The minimum Gasteiger partial charge on any atom is -0.456 e. The highest BCUT2D eigenvalue weighted by molar-refractivity contribution is 6.13. The summed E-state index contributed by atoms with van der Waals surface area (Å²) in [7, 11) is 0. The van der Waals surface area contributed by atoms with Crippen molar-refractivity contribution < 1.29 is 4.42 Å². The van der Waals surface area contributed by atoms with E-state index >= 15 is 0 Å². The van der Waals surface area contributed by atoms with Crippen LogP contribution in [0.2, 0.25) is 0 Å². The van der Waals surface area contributed by atoms with E-state index in [9.17, 15) is 0 Å². The smallest absolute Gasteiger partial charge is 0.164 e. The Balaban J connectivity index is 0.962. The van der Waals surface area contributed by atoms with Crippen molar-refractivity contribution in [2.24, 2.45) is 0 Å². The van der Waals surface area contributed by atoms with Crippen LogP contribution >= 0.6 is 0 Å². The molecular weight excluding hydrogens is 779 g/mol. The van der Waals surface area contributed by atoms with Crippen molar-refractivity contribution in [3.63, 3.8) is 0 Å². The second kappa shape index (κ2) is 15.0. The van der Waals surface area contributed by atoms with Gasteiger partial charge in [-0.2, -0.15) is 0 Å². The fourth-order valence-corrected chi connectivity index (χ4v) is 9.84. The fourth-order valence-electron chi connectivity index (χ4n) is 9.84. The van der Waals surface area contributed by atoms with Gasteiger partial charge in [0.1, 0.15) is 11.2 Å². The van der Waals surface area contributed by atoms with E-state index in [-0.39, 0.29) is 5.41 Å². The SMILES string of the molecule is CC1(C)c2ccccc2-c2cccc(-c3nc(-c4ccccc4)nc(-c4cccc(-c5ccc6c(c5)oc5cccc(-c7cc(-c8ccccc8)cc(-c8ccccc8)c7)c56)c4)n3)c21. The van der Waals surface area contributed by atoms with Crippen molar-refractivity contribution in [2.75, 3.05) is 0 Å². The van der Waals surface area contributed by atoms with Crippen LogP contribution in [-0.4, -0.2) is 15.0 Å². The minimum atomic E-state index is -0.227. The highest BCUT2D eigenvalue weighted by atomic mass is 16.3. The molecule has 302 valence electrons. The summed E-state index contributed by atoms with van der Waals surface area (Å²) in [4.78, 5) is 15.6. The zero-order valence-electron chi connectivity index (χ0n) is 35.5. The number of furan rings is 1. The van der Waals surface area contributed by atoms with Gasteiger partial charge >= 0.3 is 0 Å². The molecule has 0 saturated carbocycles. The van der Waals surface area contributed by atoms with E-state index in [2.05, 4.69) is 208 Å². The zero-order valence-corrected chi connectivity index (χ0v) is 35.5. The van der Waals surface area contributed by atoms with E-state index in [1.165, 1.54) is 44.5 Å². The van der Waals surface area contributed by atoms with Crippen LogP contribution in [-0.2, 0) is 5.41 Å². The summed E-state index contributed by atoms with van der Waals surface area (Å²) >= 11 is 0. The monoisotopic (exact) mass is 819 g/mol. The molecule has 11 aromatic rings. The van der Waals surface area contributed by atoms with Gasteiger partial charge in [-0.25, -0.2) is 15.0 Å². The number of benzene rings is 9. The molecule has 0 fully saturated rings. The molecular formula is C60H41N3O. The lowest BCUT2D eigenvalue weighted by Gasteiger charge is -2.24. The topological polar surface area (TPSA) is 51.8 Å². The third-order valence-electron chi connectivity index (χ3n) is 12.9. The molecule has 0 unspecified atom stereocenters. The molecule has 9 aromatic carbocycles. The molecule has 0 N–H and O–H groups in total. The van der Waals surface area contributed by atoms with Crippen LogP contribution in [0.4, 0.5) is 0 Å². The summed E-state index contributed by atoms with van der Waals surface area (Å²) in [5.41, 5.74) is 18.5. The molecule has 64 heavy (non-hydrogen) atoms. The Bertz CT molecular complexity index is 3510. The Morgan fingerprint density at radius 3 is 1.56 bits per heavy atom. The van der Waals surface area contributed by atoms with E-state index in [1.54, 1.807) is 0 Å². The third-order valence-corrected chi connectivity index (χ3v) is 12.9. The molecule has 12 rings (SSSR count). The zero-order chi connectivity index (χ0) is 42.8. The normalized spacial score (nSPS) is 12.7. The predicted molar refractivity (Wildman–Crippen MR) is 263 cm³/mol. The summed E-state index contributed by atoms with van der Waals surface area (Å²) in [5, 5.41) is 2.18. The quantitative estimate of drug-likeness (QED) is 0.161. The maximum absolute atomic E-state index is 6.69. The minimum absolute atomic E-state index is 0.227. The van der Waals surface area contributed by atoms with Crippen LogP contribution in [0.25, 0.3) is 112 Å². The number of hydrogen-bond acceptors (Lipinski definition) is 4. The average Bonchev–Trinajstić information content (AvgIpc) is 3.86. The number of fused-ring (bicyclic) bond motifs is 6. The molecule has 1 aliphatic rings. The molecule has 4 nitrogen and oxygen atoms in total. The van der Waals surface area contributed by atoms with Crippen LogP contribution < -0.4 is 0 Å². The molecule has 0 spiro atoms. The maximum Gasteiger partial charge on any atom is 0.164 e. The average molecular weight is 820 g/mol. The second-order valence-electron chi connectivity index (χ2n) is 17.2. The second-order valence-corrected chi connectivity index (χ2v) is 17.2. The first-order valence-corrected chi connectivity index (χ1v) is 21.8. The molecule has 0 radical (unpaired) electrons. The summed E-state index contributed by atoms with van der Waals surface area (Å²) < 4.78 is 6.69. The summed E-state index contributed by atoms with van der Waals surface area (Å²) in [6, 6.07) is 75.0. The van der Waals surface area contributed by atoms with Crippen LogP contribution in [0.5, 0.6) is 0 Å². The van der Waals surface area contributed by atoms with Gasteiger partial charge in [0.2, 0.25) is 0 Å². The lowest BCUT2D eigenvalue weighted by molar-refractivity contribution is 0.661. The van der Waals surface area contributed by atoms with Crippen molar-refractivity contribution >= 4 is 21.9 Å². The molecule has 0 amide bonds. The van der Waals surface area contributed by atoms with Gasteiger partial charge in [-0.15, -0.1) is 0 Å². The van der Waals surface area contributed by atoms with E-state index in [4.69, 9.17) is 19.4 Å². The van der Waals surface area contributed by atoms with E-state index in [0.717, 1.165) is 60.9 Å². The lowest BCUT2D eigenvalue weighted by atomic mass is 9.80. The summed E-state index contributed by atoms with van der Waals surface area (Å²) in [6.45, 7) is 4.60. The van der Waals surface area contributed by atoms with Crippen LogP contribution in [0.3, 0.4) is 0 Å². The van der Waals surface area contributed by atoms with E-state index in [0.29, 0.717) is 17.5 Å². The van der Waals surface area contributed by atoms with Crippen molar-refractivity contribution in [3.8, 4) is 89.8 Å². The lowest BCUT2D eigenvalue weighted by Crippen LogP contribution is -2.17. The van der Waals surface area contributed by atoms with Gasteiger partial charge in [-0.3, -0.25) is 0 Å². The first-order chi connectivity index (χ1) is 31.5. The Morgan fingerprint density at radius 2 is 0.828 bits per heavy atom. The van der Waals surface area contributed by atoms with Crippen LogP contribution in [0, 0.1) is 0 Å². The van der Waals surface area contributed by atoms with Crippen molar-refractivity contribution in [3.05, 3.63) is 223 Å². The Morgan fingerprint density at radius 1 is 0.328 bits per heavy atom. The Hall–Kier alpha value is -8.21. The van der Waals surface area contributed by atoms with Gasteiger partial charge in [-0.05, 0) is 109 Å². The Kier molecular flexibility index (Phi) is 8.80. The number of rotatable bonds is 7. The van der Waals surface area contributed by atoms with Crippen molar-refractivity contribution in [1.29, 1.82) is 0 Å². The molecule has 2 aromatic heterocycles. The van der Waals surface area contributed by atoms with E-state index < -0.39 is 0 Å². The predicted octanol–water partition coefficient (Wildman–Crippen LogP) is 15.7. The maximum atomic E-state index is 6.69. The van der Waals surface area contributed by atoms with E-state index in [1.807, 2.05) is 18.2 Å². The molecule has 1 aliphatic carbocycles. The molecule has 0 bridgehead atoms.